The Labute approximate surface area is 190 Å². The molecule has 0 aliphatic carbocycles. The van der Waals surface area contributed by atoms with Crippen molar-refractivity contribution in [2.45, 2.75) is 17.8 Å². The maximum atomic E-state index is 12.9. The normalized spacial score (nSPS) is 11.5. The third-order valence-corrected chi connectivity index (χ3v) is 7.16. The molecule has 0 radical (unpaired) electrons. The van der Waals surface area contributed by atoms with Gasteiger partial charge < -0.3 is 14.0 Å². The highest BCUT2D eigenvalue weighted by Gasteiger charge is 2.17. The SMILES string of the molecule is Cc1occc1-c1nnc(SCc2nc3scc(-c4ccccc4Cl)c3c(=O)[nH]2)n1C. The number of aromatic amines is 1. The molecule has 156 valence electrons. The molecule has 4 aromatic heterocycles. The molecule has 7 nitrogen and oxygen atoms in total. The van der Waals surface area contributed by atoms with E-state index in [0.29, 0.717) is 26.8 Å². The van der Waals surface area contributed by atoms with Gasteiger partial charge in [-0.15, -0.1) is 21.5 Å². The fourth-order valence-corrected chi connectivity index (χ4v) is 5.34. The highest BCUT2D eigenvalue weighted by atomic mass is 35.5. The van der Waals surface area contributed by atoms with Gasteiger partial charge in [-0.25, -0.2) is 4.98 Å². The molecule has 1 aromatic carbocycles. The second kappa shape index (κ2) is 7.99. The van der Waals surface area contributed by atoms with E-state index in [1.807, 2.05) is 54.3 Å². The van der Waals surface area contributed by atoms with Crippen molar-refractivity contribution in [1.82, 2.24) is 24.7 Å². The van der Waals surface area contributed by atoms with Gasteiger partial charge in [0.05, 0.1) is 23.0 Å². The maximum absolute atomic E-state index is 12.9. The largest absolute Gasteiger partial charge is 0.469 e. The van der Waals surface area contributed by atoms with Gasteiger partial charge in [0.15, 0.2) is 11.0 Å². The van der Waals surface area contributed by atoms with Gasteiger partial charge in [0.2, 0.25) is 0 Å². The van der Waals surface area contributed by atoms with Crippen LogP contribution in [0.15, 0.2) is 56.3 Å². The molecule has 31 heavy (non-hydrogen) atoms. The lowest BCUT2D eigenvalue weighted by Crippen LogP contribution is -2.11. The van der Waals surface area contributed by atoms with Crippen LogP contribution in [0.4, 0.5) is 0 Å². The van der Waals surface area contributed by atoms with Crippen molar-refractivity contribution in [2.24, 2.45) is 7.05 Å². The number of furan rings is 1. The zero-order valence-electron chi connectivity index (χ0n) is 16.5. The van der Waals surface area contributed by atoms with Gasteiger partial charge in [0.1, 0.15) is 16.4 Å². The highest BCUT2D eigenvalue weighted by molar-refractivity contribution is 7.98. The fourth-order valence-electron chi connectivity index (χ4n) is 3.36. The number of fused-ring (bicyclic) bond motifs is 1. The van der Waals surface area contributed by atoms with E-state index >= 15 is 0 Å². The number of hydrogen-bond donors (Lipinski definition) is 1. The number of aryl methyl sites for hydroxylation is 1. The Morgan fingerprint density at radius 2 is 2.03 bits per heavy atom. The van der Waals surface area contributed by atoms with Crippen LogP contribution in [0.1, 0.15) is 11.6 Å². The molecule has 0 aliphatic heterocycles. The van der Waals surface area contributed by atoms with E-state index in [9.17, 15) is 4.79 Å². The number of H-pyrrole nitrogens is 1. The van der Waals surface area contributed by atoms with E-state index in [4.69, 9.17) is 16.0 Å². The summed E-state index contributed by atoms with van der Waals surface area (Å²) in [7, 11) is 1.90. The lowest BCUT2D eigenvalue weighted by atomic mass is 10.1. The summed E-state index contributed by atoms with van der Waals surface area (Å²) in [5.74, 6) is 2.56. The Kier molecular flexibility index (Phi) is 5.17. The van der Waals surface area contributed by atoms with Crippen LogP contribution in [0, 0.1) is 6.92 Å². The molecule has 0 fully saturated rings. The van der Waals surface area contributed by atoms with Crippen LogP contribution in [0.5, 0.6) is 0 Å². The summed E-state index contributed by atoms with van der Waals surface area (Å²) in [5.41, 5.74) is 2.35. The predicted octanol–water partition coefficient (Wildman–Crippen LogP) is 5.29. The van der Waals surface area contributed by atoms with Crippen LogP contribution in [0.25, 0.3) is 32.7 Å². The third kappa shape index (κ3) is 3.58. The average Bonchev–Trinajstić information content (AvgIpc) is 3.46. The monoisotopic (exact) mass is 469 g/mol. The Hall–Kier alpha value is -2.88. The summed E-state index contributed by atoms with van der Waals surface area (Å²) in [6.07, 6.45) is 1.63. The molecular formula is C21H16ClN5O2S2. The first-order valence-corrected chi connectivity index (χ1v) is 11.6. The van der Waals surface area contributed by atoms with E-state index in [1.165, 1.54) is 23.1 Å². The molecule has 0 aliphatic rings. The van der Waals surface area contributed by atoms with Crippen molar-refractivity contribution in [3.05, 3.63) is 68.9 Å². The van der Waals surface area contributed by atoms with Crippen LogP contribution < -0.4 is 5.56 Å². The van der Waals surface area contributed by atoms with Crippen molar-refractivity contribution in [2.75, 3.05) is 0 Å². The second-order valence-electron chi connectivity index (χ2n) is 6.87. The van der Waals surface area contributed by atoms with Gasteiger partial charge in [0.25, 0.3) is 5.56 Å². The summed E-state index contributed by atoms with van der Waals surface area (Å²) >= 11 is 9.22. The van der Waals surface area contributed by atoms with Crippen molar-refractivity contribution in [1.29, 1.82) is 0 Å². The Bertz CT molecular complexity index is 1470. The van der Waals surface area contributed by atoms with E-state index in [2.05, 4.69) is 20.2 Å². The van der Waals surface area contributed by atoms with Gasteiger partial charge in [-0.05, 0) is 19.1 Å². The molecule has 0 spiro atoms. The smallest absolute Gasteiger partial charge is 0.260 e. The first-order chi connectivity index (χ1) is 15.0. The standard InChI is InChI=1S/C21H16ClN5O2S2/c1-11-12(7-8-29-11)18-25-26-21(27(18)2)31-10-16-23-19(28)17-14(9-30-20(17)24-16)13-5-3-4-6-15(13)22/h3-9H,10H2,1-2H3,(H,23,24,28). The topological polar surface area (TPSA) is 89.6 Å². The van der Waals surface area contributed by atoms with E-state index in [1.54, 1.807) is 6.26 Å². The number of hydrogen-bond acceptors (Lipinski definition) is 7. The molecule has 10 heteroatoms. The Morgan fingerprint density at radius 3 is 2.81 bits per heavy atom. The van der Waals surface area contributed by atoms with Crippen molar-refractivity contribution < 1.29 is 4.42 Å². The number of nitrogens with zero attached hydrogens (tertiary/aromatic N) is 4. The predicted molar refractivity (Wildman–Crippen MR) is 124 cm³/mol. The molecule has 0 atom stereocenters. The van der Waals surface area contributed by atoms with Gasteiger partial charge >= 0.3 is 0 Å². The molecule has 4 heterocycles. The Balaban J connectivity index is 1.43. The molecule has 0 amide bonds. The summed E-state index contributed by atoms with van der Waals surface area (Å²) < 4.78 is 7.27. The fraction of sp³-hybridized carbons (Fsp3) is 0.143. The van der Waals surface area contributed by atoms with Crippen molar-refractivity contribution in [3.8, 4) is 22.5 Å². The summed E-state index contributed by atoms with van der Waals surface area (Å²) in [5, 5.41) is 12.4. The number of benzene rings is 1. The third-order valence-electron chi connectivity index (χ3n) is 4.93. The highest BCUT2D eigenvalue weighted by Crippen LogP contribution is 2.35. The summed E-state index contributed by atoms with van der Waals surface area (Å²) in [6, 6.07) is 9.35. The van der Waals surface area contributed by atoms with E-state index in [-0.39, 0.29) is 5.56 Å². The Morgan fingerprint density at radius 1 is 1.19 bits per heavy atom. The molecule has 5 aromatic rings. The minimum Gasteiger partial charge on any atom is -0.469 e. The quantitative estimate of drug-likeness (QED) is 0.351. The lowest BCUT2D eigenvalue weighted by molar-refractivity contribution is 0.534. The van der Waals surface area contributed by atoms with Crippen LogP contribution in [-0.2, 0) is 12.8 Å². The molecule has 0 saturated heterocycles. The molecule has 0 unspecified atom stereocenters. The van der Waals surface area contributed by atoms with Crippen LogP contribution >= 0.6 is 34.7 Å². The lowest BCUT2D eigenvalue weighted by Gasteiger charge is -2.04. The van der Waals surface area contributed by atoms with Crippen molar-refractivity contribution >= 4 is 44.9 Å². The minimum absolute atomic E-state index is 0.176. The molecule has 5 rings (SSSR count). The van der Waals surface area contributed by atoms with Crippen LogP contribution in [0.2, 0.25) is 5.02 Å². The first-order valence-electron chi connectivity index (χ1n) is 9.35. The van der Waals surface area contributed by atoms with Crippen LogP contribution in [-0.4, -0.2) is 24.7 Å². The number of aromatic nitrogens is 5. The van der Waals surface area contributed by atoms with Crippen molar-refractivity contribution in [3.63, 3.8) is 0 Å². The average molecular weight is 470 g/mol. The molecule has 1 N–H and O–H groups in total. The number of halogens is 1. The zero-order chi connectivity index (χ0) is 21.5. The van der Waals surface area contributed by atoms with Crippen LogP contribution in [0.3, 0.4) is 0 Å². The summed E-state index contributed by atoms with van der Waals surface area (Å²) in [6.45, 7) is 1.89. The number of thiophene rings is 1. The van der Waals surface area contributed by atoms with Gasteiger partial charge in [0, 0.05) is 28.6 Å². The summed E-state index contributed by atoms with van der Waals surface area (Å²) in [4.78, 5) is 21.1. The van der Waals surface area contributed by atoms with E-state index in [0.717, 1.165) is 33.4 Å². The zero-order valence-corrected chi connectivity index (χ0v) is 18.9. The maximum Gasteiger partial charge on any atom is 0.260 e. The van der Waals surface area contributed by atoms with Gasteiger partial charge in [-0.1, -0.05) is 41.6 Å². The van der Waals surface area contributed by atoms with Gasteiger partial charge in [-0.2, -0.15) is 0 Å². The minimum atomic E-state index is -0.176. The molecule has 0 saturated carbocycles. The first kappa shape index (κ1) is 20.0. The molecular weight excluding hydrogens is 454 g/mol. The second-order valence-corrected chi connectivity index (χ2v) is 9.07. The number of nitrogens with one attached hydrogen (secondary N) is 1. The number of rotatable bonds is 5. The van der Waals surface area contributed by atoms with Gasteiger partial charge in [-0.3, -0.25) is 4.79 Å². The molecule has 0 bridgehead atoms. The number of thioether (sulfide) groups is 1. The van der Waals surface area contributed by atoms with E-state index < -0.39 is 0 Å².